The lowest BCUT2D eigenvalue weighted by molar-refractivity contribution is 1.38. The van der Waals surface area contributed by atoms with Crippen molar-refractivity contribution in [2.24, 2.45) is 0 Å². The van der Waals surface area contributed by atoms with Gasteiger partial charge < -0.3 is 0 Å². The maximum Gasteiger partial charge on any atom is -0.00171 e. The number of rotatable bonds is 1. The molecule has 0 bridgehead atoms. The largest absolute Gasteiger partial charge is 0.0616 e. The summed E-state index contributed by atoms with van der Waals surface area (Å²) in [6.45, 7) is 9.02. The third kappa shape index (κ3) is 3.47. The first kappa shape index (κ1) is 28.5. The van der Waals surface area contributed by atoms with Crippen LogP contribution < -0.4 is 0 Å². The van der Waals surface area contributed by atoms with E-state index in [1.807, 2.05) is 0 Å². The minimum absolute atomic E-state index is 1.28. The lowest BCUT2D eigenvalue weighted by Gasteiger charge is -2.18. The van der Waals surface area contributed by atoms with Crippen molar-refractivity contribution in [3.8, 4) is 55.6 Å². The van der Waals surface area contributed by atoms with E-state index in [-0.39, 0.29) is 0 Å². The Kier molecular flexibility index (Phi) is 5.34. The van der Waals surface area contributed by atoms with E-state index < -0.39 is 0 Å². The zero-order valence-electron chi connectivity index (χ0n) is 29.7. The van der Waals surface area contributed by atoms with Gasteiger partial charge in [-0.15, -0.1) is 0 Å². The van der Waals surface area contributed by atoms with Crippen LogP contribution in [0, 0.1) is 27.7 Å². The van der Waals surface area contributed by atoms with Crippen LogP contribution in [0.5, 0.6) is 0 Å². The lowest BCUT2D eigenvalue weighted by Crippen LogP contribution is -1.91. The van der Waals surface area contributed by atoms with Gasteiger partial charge in [-0.2, -0.15) is 0 Å². The SMILES string of the molecule is Cc1cc(C)c2c(c1)-c1cc3c4ccc(C)cc4c(-c4cc5c6cccc7c6c(cc5c5ccccc45)-c4ccccc4-7)cc3c3ccc(C)c-2c13. The van der Waals surface area contributed by atoms with Crippen molar-refractivity contribution in [1.29, 1.82) is 0 Å². The second-order valence-corrected chi connectivity index (χ2v) is 15.4. The topological polar surface area (TPSA) is 0 Å². The first-order valence-corrected chi connectivity index (χ1v) is 18.5. The van der Waals surface area contributed by atoms with Crippen molar-refractivity contribution in [2.45, 2.75) is 27.7 Å². The van der Waals surface area contributed by atoms with Crippen LogP contribution in [-0.4, -0.2) is 0 Å². The van der Waals surface area contributed by atoms with Gasteiger partial charge in [0.2, 0.25) is 0 Å². The molecule has 0 unspecified atom stereocenters. The highest BCUT2D eigenvalue weighted by molar-refractivity contribution is 6.32. The summed E-state index contributed by atoms with van der Waals surface area (Å²) in [6, 6.07) is 51.5. The maximum absolute atomic E-state index is 2.53. The summed E-state index contributed by atoms with van der Waals surface area (Å²) in [5, 5.41) is 16.0. The Hall–Kier alpha value is -6.24. The normalized spacial score (nSPS) is 12.6. The van der Waals surface area contributed by atoms with Crippen molar-refractivity contribution < 1.29 is 0 Å². The third-order valence-corrected chi connectivity index (χ3v) is 12.4. The van der Waals surface area contributed by atoms with Gasteiger partial charge in [0, 0.05) is 0 Å². The molecule has 0 fully saturated rings. The quantitative estimate of drug-likeness (QED) is 0.154. The fraction of sp³-hybridized carbons (Fsp3) is 0.0769. The first-order valence-electron chi connectivity index (χ1n) is 18.5. The Labute approximate surface area is 302 Å². The van der Waals surface area contributed by atoms with Gasteiger partial charge in [-0.1, -0.05) is 120 Å². The Morgan fingerprint density at radius 1 is 0.250 bits per heavy atom. The second-order valence-electron chi connectivity index (χ2n) is 15.4. The molecule has 0 heteroatoms. The van der Waals surface area contributed by atoms with Gasteiger partial charge in [0.25, 0.3) is 0 Å². The molecule has 0 aliphatic heterocycles. The number of aryl methyl sites for hydroxylation is 4. The molecule has 2 aliphatic carbocycles. The molecule has 242 valence electrons. The highest BCUT2D eigenvalue weighted by Crippen LogP contribution is 2.55. The molecule has 10 aromatic rings. The summed E-state index contributed by atoms with van der Waals surface area (Å²) in [5.74, 6) is 0. The number of benzene rings is 10. The molecule has 0 spiro atoms. The van der Waals surface area contributed by atoms with E-state index >= 15 is 0 Å². The van der Waals surface area contributed by atoms with E-state index in [9.17, 15) is 0 Å². The average Bonchev–Trinajstić information content (AvgIpc) is 3.67. The van der Waals surface area contributed by atoms with Crippen LogP contribution in [0.25, 0.3) is 120 Å². The molecule has 2 aliphatic rings. The molecule has 0 nitrogen and oxygen atoms in total. The predicted octanol–water partition coefficient (Wildman–Crippen LogP) is 14.8. The van der Waals surface area contributed by atoms with Crippen molar-refractivity contribution in [1.82, 2.24) is 0 Å². The molecular formula is C52H34. The number of fused-ring (bicyclic) bond motifs is 14. The van der Waals surface area contributed by atoms with Crippen LogP contribution in [0.4, 0.5) is 0 Å². The lowest BCUT2D eigenvalue weighted by atomic mass is 9.85. The van der Waals surface area contributed by atoms with Gasteiger partial charge in [-0.05, 0) is 183 Å². The van der Waals surface area contributed by atoms with E-state index in [2.05, 4.69) is 161 Å². The molecule has 0 saturated carbocycles. The standard InChI is InChI=1S/C52H34/c1-27-16-18-35-39(21-27)45(24-44-38-19-17-29(3)50-49-30(4)20-28(2)22-46(49)48(52(38)50)26-42(35)44)40-23-43-37-15-9-14-36-31-10-5-8-13-34(31)47(51(36)37)25-41(43)33-12-7-6-11-32(33)40/h5-26H,1-4H3. The van der Waals surface area contributed by atoms with Crippen LogP contribution in [0.2, 0.25) is 0 Å². The van der Waals surface area contributed by atoms with Gasteiger partial charge in [0.15, 0.2) is 0 Å². The fourth-order valence-corrected chi connectivity index (χ4v) is 10.3. The summed E-state index contributed by atoms with van der Waals surface area (Å²) in [7, 11) is 0. The van der Waals surface area contributed by atoms with Crippen LogP contribution in [0.1, 0.15) is 22.3 Å². The van der Waals surface area contributed by atoms with E-state index in [0.717, 1.165) is 0 Å². The van der Waals surface area contributed by atoms with Crippen molar-refractivity contribution in [3.63, 3.8) is 0 Å². The van der Waals surface area contributed by atoms with E-state index in [4.69, 9.17) is 0 Å². The molecule has 0 atom stereocenters. The van der Waals surface area contributed by atoms with E-state index in [1.54, 1.807) is 0 Å². The fourth-order valence-electron chi connectivity index (χ4n) is 10.3. The van der Waals surface area contributed by atoms with Crippen molar-refractivity contribution in [3.05, 3.63) is 156 Å². The summed E-state index contributed by atoms with van der Waals surface area (Å²) in [6.07, 6.45) is 0. The molecule has 0 heterocycles. The molecule has 10 aromatic carbocycles. The summed E-state index contributed by atoms with van der Waals surface area (Å²) >= 11 is 0. The molecule has 0 radical (unpaired) electrons. The smallest absolute Gasteiger partial charge is 0.00171 e. The molecular weight excluding hydrogens is 625 g/mol. The molecule has 0 aromatic heterocycles. The van der Waals surface area contributed by atoms with Crippen LogP contribution in [0.15, 0.2) is 133 Å². The van der Waals surface area contributed by atoms with Crippen molar-refractivity contribution >= 4 is 64.6 Å². The van der Waals surface area contributed by atoms with E-state index in [0.29, 0.717) is 0 Å². The van der Waals surface area contributed by atoms with Gasteiger partial charge in [-0.25, -0.2) is 0 Å². The minimum Gasteiger partial charge on any atom is -0.0616 e. The van der Waals surface area contributed by atoms with Crippen LogP contribution in [0.3, 0.4) is 0 Å². The monoisotopic (exact) mass is 658 g/mol. The Balaban J connectivity index is 1.25. The summed E-state index contributed by atoms with van der Waals surface area (Å²) in [5.41, 5.74) is 18.8. The van der Waals surface area contributed by atoms with Gasteiger partial charge in [0.1, 0.15) is 0 Å². The Bertz CT molecular complexity index is 3320. The van der Waals surface area contributed by atoms with Crippen molar-refractivity contribution in [2.75, 3.05) is 0 Å². The maximum atomic E-state index is 2.53. The van der Waals surface area contributed by atoms with E-state index in [1.165, 1.54) is 143 Å². The first-order chi connectivity index (χ1) is 25.4. The summed E-state index contributed by atoms with van der Waals surface area (Å²) < 4.78 is 0. The third-order valence-electron chi connectivity index (χ3n) is 12.4. The molecule has 52 heavy (non-hydrogen) atoms. The minimum atomic E-state index is 1.28. The zero-order valence-corrected chi connectivity index (χ0v) is 29.7. The van der Waals surface area contributed by atoms with Crippen LogP contribution >= 0.6 is 0 Å². The highest BCUT2D eigenvalue weighted by Gasteiger charge is 2.28. The Morgan fingerprint density at radius 3 is 1.60 bits per heavy atom. The highest BCUT2D eigenvalue weighted by atomic mass is 14.3. The molecule has 0 N–H and O–H groups in total. The molecule has 12 rings (SSSR count). The van der Waals surface area contributed by atoms with Gasteiger partial charge in [-0.3, -0.25) is 0 Å². The van der Waals surface area contributed by atoms with Gasteiger partial charge in [0.05, 0.1) is 0 Å². The molecule has 0 saturated heterocycles. The average molecular weight is 659 g/mol. The number of hydrogen-bond donors (Lipinski definition) is 0. The summed E-state index contributed by atoms with van der Waals surface area (Å²) in [4.78, 5) is 0. The van der Waals surface area contributed by atoms with Crippen LogP contribution in [-0.2, 0) is 0 Å². The molecule has 0 amide bonds. The predicted molar refractivity (Wildman–Crippen MR) is 225 cm³/mol. The second kappa shape index (κ2) is 9.75. The number of hydrogen-bond acceptors (Lipinski definition) is 0. The Morgan fingerprint density at radius 2 is 0.808 bits per heavy atom. The van der Waals surface area contributed by atoms with Gasteiger partial charge >= 0.3 is 0 Å². The zero-order chi connectivity index (χ0) is 34.6.